The highest BCUT2D eigenvalue weighted by Gasteiger charge is 2.16. The second kappa shape index (κ2) is 5.67. The highest BCUT2D eigenvalue weighted by molar-refractivity contribution is 6.31. The van der Waals surface area contributed by atoms with E-state index in [1.165, 1.54) is 25.1 Å². The van der Waals surface area contributed by atoms with Gasteiger partial charge in [-0.15, -0.1) is 0 Å². The van der Waals surface area contributed by atoms with Crippen LogP contribution in [0.25, 0.3) is 0 Å². The van der Waals surface area contributed by atoms with Crippen molar-refractivity contribution in [2.45, 2.75) is 13.0 Å². The van der Waals surface area contributed by atoms with Crippen molar-refractivity contribution in [3.8, 4) is 0 Å². The zero-order valence-corrected chi connectivity index (χ0v) is 10.5. The number of nitrogens with zero attached hydrogens (tertiary/aromatic N) is 1. The van der Waals surface area contributed by atoms with E-state index in [4.69, 9.17) is 11.6 Å². The predicted octanol–water partition coefficient (Wildman–Crippen LogP) is 2.38. The molecule has 1 fully saturated rings. The lowest BCUT2D eigenvalue weighted by Crippen LogP contribution is -2.43. The van der Waals surface area contributed by atoms with Gasteiger partial charge in [-0.25, -0.2) is 0 Å². The monoisotopic (exact) mass is 238 g/mol. The third-order valence-electron chi connectivity index (χ3n) is 3.18. The topological polar surface area (TPSA) is 15.3 Å². The standard InChI is InChI=1S/C13H19ClN2/c1-16(7-6-11-8-15-9-11)10-12-4-2-3-5-13(12)14/h2-5,11,15H,6-10H2,1H3. The molecule has 0 saturated carbocycles. The number of benzene rings is 1. The second-order valence-electron chi connectivity index (χ2n) is 4.64. The SMILES string of the molecule is CN(CCC1CNC1)Cc1ccccc1Cl. The summed E-state index contributed by atoms with van der Waals surface area (Å²) in [4.78, 5) is 2.35. The molecule has 1 aromatic rings. The molecule has 3 heteroatoms. The van der Waals surface area contributed by atoms with Gasteiger partial charge in [0, 0.05) is 11.6 Å². The lowest BCUT2D eigenvalue weighted by molar-refractivity contribution is 0.252. The Morgan fingerprint density at radius 3 is 2.75 bits per heavy atom. The summed E-state index contributed by atoms with van der Waals surface area (Å²) in [6.45, 7) is 4.48. The number of hydrogen-bond acceptors (Lipinski definition) is 2. The molecule has 2 nitrogen and oxygen atoms in total. The fourth-order valence-electron chi connectivity index (χ4n) is 1.95. The van der Waals surface area contributed by atoms with Crippen LogP contribution in [0.2, 0.25) is 5.02 Å². The van der Waals surface area contributed by atoms with Crippen molar-refractivity contribution >= 4 is 11.6 Å². The van der Waals surface area contributed by atoms with E-state index in [0.717, 1.165) is 24.0 Å². The number of rotatable bonds is 5. The van der Waals surface area contributed by atoms with Gasteiger partial charge in [-0.05, 0) is 50.7 Å². The lowest BCUT2D eigenvalue weighted by Gasteiger charge is -2.29. The molecule has 16 heavy (non-hydrogen) atoms. The molecule has 0 aromatic heterocycles. The summed E-state index contributed by atoms with van der Waals surface area (Å²) in [5, 5.41) is 4.18. The van der Waals surface area contributed by atoms with Crippen molar-refractivity contribution in [2.75, 3.05) is 26.7 Å². The molecule has 0 unspecified atom stereocenters. The molecule has 1 saturated heterocycles. The van der Waals surface area contributed by atoms with Crippen LogP contribution in [0.3, 0.4) is 0 Å². The normalized spacial score (nSPS) is 16.4. The van der Waals surface area contributed by atoms with Gasteiger partial charge in [0.25, 0.3) is 0 Å². The van der Waals surface area contributed by atoms with Crippen LogP contribution in [0.15, 0.2) is 24.3 Å². The van der Waals surface area contributed by atoms with E-state index >= 15 is 0 Å². The van der Waals surface area contributed by atoms with Crippen LogP contribution >= 0.6 is 11.6 Å². The van der Waals surface area contributed by atoms with E-state index in [1.807, 2.05) is 18.2 Å². The highest BCUT2D eigenvalue weighted by Crippen LogP contribution is 2.17. The Hall–Kier alpha value is -0.570. The molecule has 0 aliphatic carbocycles. The molecule has 0 amide bonds. The highest BCUT2D eigenvalue weighted by atomic mass is 35.5. The predicted molar refractivity (Wildman–Crippen MR) is 68.8 cm³/mol. The van der Waals surface area contributed by atoms with Crippen molar-refractivity contribution < 1.29 is 0 Å². The fraction of sp³-hybridized carbons (Fsp3) is 0.538. The van der Waals surface area contributed by atoms with E-state index in [-0.39, 0.29) is 0 Å². The molecule has 88 valence electrons. The van der Waals surface area contributed by atoms with Gasteiger partial charge in [0.2, 0.25) is 0 Å². The van der Waals surface area contributed by atoms with E-state index in [9.17, 15) is 0 Å². The first kappa shape index (κ1) is 11.9. The summed E-state index contributed by atoms with van der Waals surface area (Å²) in [5.74, 6) is 0.883. The maximum atomic E-state index is 6.13. The van der Waals surface area contributed by atoms with Crippen molar-refractivity contribution in [3.05, 3.63) is 34.9 Å². The van der Waals surface area contributed by atoms with Crippen LogP contribution in [-0.4, -0.2) is 31.6 Å². The Morgan fingerprint density at radius 2 is 2.12 bits per heavy atom. The zero-order valence-electron chi connectivity index (χ0n) is 9.75. The average Bonchev–Trinajstić information content (AvgIpc) is 2.19. The Bertz CT molecular complexity index is 336. The largest absolute Gasteiger partial charge is 0.316 e. The number of halogens is 1. The van der Waals surface area contributed by atoms with Crippen molar-refractivity contribution in [3.63, 3.8) is 0 Å². The molecule has 0 spiro atoms. The molecule has 1 aromatic carbocycles. The van der Waals surface area contributed by atoms with Crippen LogP contribution in [0.4, 0.5) is 0 Å². The van der Waals surface area contributed by atoms with Crippen molar-refractivity contribution in [2.24, 2.45) is 5.92 Å². The van der Waals surface area contributed by atoms with E-state index in [2.05, 4.69) is 23.3 Å². The number of hydrogen-bond donors (Lipinski definition) is 1. The van der Waals surface area contributed by atoms with Gasteiger partial charge >= 0.3 is 0 Å². The van der Waals surface area contributed by atoms with Gasteiger partial charge < -0.3 is 10.2 Å². The van der Waals surface area contributed by atoms with E-state index in [1.54, 1.807) is 0 Å². The van der Waals surface area contributed by atoms with Crippen LogP contribution in [0, 0.1) is 5.92 Å². The summed E-state index contributed by atoms with van der Waals surface area (Å²) in [6.07, 6.45) is 1.29. The second-order valence-corrected chi connectivity index (χ2v) is 5.05. The minimum absolute atomic E-state index is 0.875. The van der Waals surface area contributed by atoms with Gasteiger partial charge in [-0.3, -0.25) is 0 Å². The first-order chi connectivity index (χ1) is 7.75. The fourth-order valence-corrected chi connectivity index (χ4v) is 2.15. The van der Waals surface area contributed by atoms with Crippen molar-refractivity contribution in [1.29, 1.82) is 0 Å². The third kappa shape index (κ3) is 3.21. The number of nitrogens with one attached hydrogen (secondary N) is 1. The Morgan fingerprint density at radius 1 is 1.38 bits per heavy atom. The van der Waals surface area contributed by atoms with E-state index < -0.39 is 0 Å². The van der Waals surface area contributed by atoms with Gasteiger partial charge in [0.1, 0.15) is 0 Å². The van der Waals surface area contributed by atoms with E-state index in [0.29, 0.717) is 0 Å². The maximum absolute atomic E-state index is 6.13. The molecule has 1 aliphatic rings. The molecule has 1 N–H and O–H groups in total. The molecular formula is C13H19ClN2. The Labute approximate surface area is 103 Å². The van der Waals surface area contributed by atoms with Gasteiger partial charge in [0.05, 0.1) is 0 Å². The molecule has 1 aliphatic heterocycles. The van der Waals surface area contributed by atoms with Crippen molar-refractivity contribution in [1.82, 2.24) is 10.2 Å². The molecular weight excluding hydrogens is 220 g/mol. The van der Waals surface area contributed by atoms with Crippen LogP contribution in [0.1, 0.15) is 12.0 Å². The van der Waals surface area contributed by atoms with Gasteiger partial charge in [0.15, 0.2) is 0 Å². The lowest BCUT2D eigenvalue weighted by atomic mass is 9.99. The zero-order chi connectivity index (χ0) is 11.4. The summed E-state index contributed by atoms with van der Waals surface area (Å²) < 4.78 is 0. The Kier molecular flexibility index (Phi) is 4.22. The van der Waals surface area contributed by atoms with Crippen LogP contribution in [0.5, 0.6) is 0 Å². The smallest absolute Gasteiger partial charge is 0.0451 e. The van der Waals surface area contributed by atoms with Crippen LogP contribution < -0.4 is 5.32 Å². The quantitative estimate of drug-likeness (QED) is 0.848. The molecule has 0 bridgehead atoms. The minimum Gasteiger partial charge on any atom is -0.316 e. The summed E-state index contributed by atoms with van der Waals surface area (Å²) in [7, 11) is 2.16. The molecule has 1 heterocycles. The minimum atomic E-state index is 0.875. The average molecular weight is 239 g/mol. The molecule has 0 atom stereocenters. The van der Waals surface area contributed by atoms with Gasteiger partial charge in [-0.1, -0.05) is 29.8 Å². The summed E-state index contributed by atoms with van der Waals surface area (Å²) >= 11 is 6.13. The molecule has 2 rings (SSSR count). The first-order valence-corrected chi connectivity index (χ1v) is 6.26. The Balaban J connectivity index is 1.77. The summed E-state index contributed by atoms with van der Waals surface area (Å²) in [5.41, 5.74) is 1.22. The third-order valence-corrected chi connectivity index (χ3v) is 3.55. The maximum Gasteiger partial charge on any atom is 0.0451 e. The molecule has 0 radical (unpaired) electrons. The summed E-state index contributed by atoms with van der Waals surface area (Å²) in [6, 6.07) is 8.08. The van der Waals surface area contributed by atoms with Crippen LogP contribution in [-0.2, 0) is 6.54 Å². The van der Waals surface area contributed by atoms with Gasteiger partial charge in [-0.2, -0.15) is 0 Å². The first-order valence-electron chi connectivity index (χ1n) is 5.88.